The van der Waals surface area contributed by atoms with Gasteiger partial charge in [0.25, 0.3) is 0 Å². The molecule has 0 heterocycles. The van der Waals surface area contributed by atoms with Crippen molar-refractivity contribution < 1.29 is 38.1 Å². The zero-order valence-corrected chi connectivity index (χ0v) is 21.0. The molecule has 1 atom stereocenters. The second-order valence-electron chi connectivity index (χ2n) is 8.26. The van der Waals surface area contributed by atoms with Crippen molar-refractivity contribution in [1.29, 1.82) is 0 Å². The zero-order chi connectivity index (χ0) is 26.7. The molecule has 2 aromatic carbocycles. The molecule has 37 heavy (non-hydrogen) atoms. The van der Waals surface area contributed by atoms with Gasteiger partial charge >= 0.3 is 24.1 Å². The summed E-state index contributed by atoms with van der Waals surface area (Å²) in [4.78, 5) is 47.1. The molecule has 0 aliphatic rings. The maximum absolute atomic E-state index is 11.9. The lowest BCUT2D eigenvalue weighted by Crippen LogP contribution is -2.30. The van der Waals surface area contributed by atoms with Gasteiger partial charge in [-0.1, -0.05) is 55.5 Å². The lowest BCUT2D eigenvalue weighted by Gasteiger charge is -2.13. The second kappa shape index (κ2) is 17.4. The Morgan fingerprint density at radius 1 is 0.703 bits per heavy atom. The summed E-state index contributed by atoms with van der Waals surface area (Å²) in [5.41, 5.74) is 1.50. The van der Waals surface area contributed by atoms with Crippen molar-refractivity contribution in [2.45, 2.75) is 32.6 Å². The van der Waals surface area contributed by atoms with E-state index in [0.717, 1.165) is 5.56 Å². The van der Waals surface area contributed by atoms with Crippen LogP contribution in [0.25, 0.3) is 0 Å². The minimum Gasteiger partial charge on any atom is -0.466 e. The van der Waals surface area contributed by atoms with Crippen LogP contribution in [0.4, 0.5) is 15.3 Å². The van der Waals surface area contributed by atoms with Crippen molar-refractivity contribution >= 4 is 29.8 Å². The Bertz CT molecular complexity index is 969. The first kappa shape index (κ1) is 29.2. The summed E-state index contributed by atoms with van der Waals surface area (Å²) in [6.07, 6.45) is -0.125. The van der Waals surface area contributed by atoms with E-state index in [2.05, 4.69) is 10.6 Å². The SMILES string of the molecule is CC(CNC(=O)OCCCOC(=O)Nc1ccccc1)CC(=O)OCCCOC(=O)Cc1ccccc1. The summed E-state index contributed by atoms with van der Waals surface area (Å²) < 4.78 is 20.3. The molecule has 0 fully saturated rings. The summed E-state index contributed by atoms with van der Waals surface area (Å²) in [6, 6.07) is 18.2. The molecule has 1 unspecified atom stereocenters. The van der Waals surface area contributed by atoms with Crippen LogP contribution < -0.4 is 10.6 Å². The number of alkyl carbamates (subject to hydrolysis) is 1. The van der Waals surface area contributed by atoms with Crippen molar-refractivity contribution in [2.75, 3.05) is 38.3 Å². The molecule has 0 aromatic heterocycles. The Morgan fingerprint density at radius 2 is 1.24 bits per heavy atom. The van der Waals surface area contributed by atoms with E-state index in [-0.39, 0.29) is 57.7 Å². The average Bonchev–Trinajstić information content (AvgIpc) is 2.88. The third-order valence-corrected chi connectivity index (χ3v) is 4.89. The fourth-order valence-corrected chi connectivity index (χ4v) is 3.03. The number of esters is 2. The Morgan fingerprint density at radius 3 is 1.89 bits per heavy atom. The summed E-state index contributed by atoms with van der Waals surface area (Å²) >= 11 is 0. The Labute approximate surface area is 216 Å². The highest BCUT2D eigenvalue weighted by Crippen LogP contribution is 2.06. The first-order valence-electron chi connectivity index (χ1n) is 12.2. The number of benzene rings is 2. The van der Waals surface area contributed by atoms with Gasteiger partial charge in [0, 0.05) is 31.5 Å². The van der Waals surface area contributed by atoms with Gasteiger partial charge in [-0.15, -0.1) is 0 Å². The molecule has 10 nitrogen and oxygen atoms in total. The van der Waals surface area contributed by atoms with Gasteiger partial charge in [0.15, 0.2) is 0 Å². The van der Waals surface area contributed by atoms with E-state index < -0.39 is 18.2 Å². The van der Waals surface area contributed by atoms with Crippen LogP contribution in [0.3, 0.4) is 0 Å². The molecule has 2 aromatic rings. The molecule has 0 saturated carbocycles. The largest absolute Gasteiger partial charge is 0.466 e. The number of para-hydroxylation sites is 1. The van der Waals surface area contributed by atoms with Gasteiger partial charge in [0.05, 0.1) is 32.8 Å². The van der Waals surface area contributed by atoms with Gasteiger partial charge in [-0.3, -0.25) is 14.9 Å². The summed E-state index contributed by atoms with van der Waals surface area (Å²) in [5, 5.41) is 5.16. The molecule has 200 valence electrons. The third-order valence-electron chi connectivity index (χ3n) is 4.89. The zero-order valence-electron chi connectivity index (χ0n) is 21.0. The molecular formula is C27H34N2O8. The minimum atomic E-state index is -0.619. The molecule has 2 N–H and O–H groups in total. The van der Waals surface area contributed by atoms with E-state index >= 15 is 0 Å². The van der Waals surface area contributed by atoms with Gasteiger partial charge in [0.2, 0.25) is 0 Å². The molecular weight excluding hydrogens is 480 g/mol. The van der Waals surface area contributed by atoms with Gasteiger partial charge in [0.1, 0.15) is 0 Å². The molecule has 0 bridgehead atoms. The second-order valence-corrected chi connectivity index (χ2v) is 8.26. The average molecular weight is 515 g/mol. The summed E-state index contributed by atoms with van der Waals surface area (Å²) in [7, 11) is 0. The van der Waals surface area contributed by atoms with Crippen molar-refractivity contribution in [1.82, 2.24) is 5.32 Å². The predicted molar refractivity (Wildman–Crippen MR) is 136 cm³/mol. The highest BCUT2D eigenvalue weighted by atomic mass is 16.6. The number of rotatable bonds is 15. The number of carbonyl (C=O) groups excluding carboxylic acids is 4. The van der Waals surface area contributed by atoms with Crippen LogP contribution in [0.15, 0.2) is 60.7 Å². The van der Waals surface area contributed by atoms with Gasteiger partial charge in [-0.25, -0.2) is 9.59 Å². The number of nitrogens with one attached hydrogen (secondary N) is 2. The van der Waals surface area contributed by atoms with Gasteiger partial charge < -0.3 is 24.3 Å². The summed E-state index contributed by atoms with van der Waals surface area (Å²) in [5.74, 6) is -0.886. The molecule has 0 saturated heterocycles. The number of amides is 2. The van der Waals surface area contributed by atoms with Crippen LogP contribution in [0.2, 0.25) is 0 Å². The maximum Gasteiger partial charge on any atom is 0.411 e. The molecule has 0 aliphatic heterocycles. The van der Waals surface area contributed by atoms with E-state index in [0.29, 0.717) is 18.5 Å². The Balaban J connectivity index is 1.42. The van der Waals surface area contributed by atoms with Crippen LogP contribution in [0, 0.1) is 5.92 Å². The highest BCUT2D eigenvalue weighted by molar-refractivity contribution is 5.84. The first-order chi connectivity index (χ1) is 17.9. The normalized spacial score (nSPS) is 11.1. The quantitative estimate of drug-likeness (QED) is 0.206. The van der Waals surface area contributed by atoms with E-state index in [4.69, 9.17) is 18.9 Å². The highest BCUT2D eigenvalue weighted by Gasteiger charge is 2.13. The van der Waals surface area contributed by atoms with Gasteiger partial charge in [-0.05, 0) is 23.6 Å². The molecule has 0 radical (unpaired) electrons. The van der Waals surface area contributed by atoms with Crippen LogP contribution in [0.1, 0.15) is 31.7 Å². The van der Waals surface area contributed by atoms with Crippen LogP contribution in [-0.4, -0.2) is 57.1 Å². The monoisotopic (exact) mass is 514 g/mol. The number of ether oxygens (including phenoxy) is 4. The topological polar surface area (TPSA) is 129 Å². The smallest absolute Gasteiger partial charge is 0.411 e. The molecule has 0 aliphatic carbocycles. The Kier molecular flexibility index (Phi) is 13.7. The van der Waals surface area contributed by atoms with Crippen LogP contribution in [-0.2, 0) is 35.0 Å². The van der Waals surface area contributed by atoms with Crippen LogP contribution in [0.5, 0.6) is 0 Å². The fraction of sp³-hybridized carbons (Fsp3) is 0.407. The Hall–Kier alpha value is -4.08. The lowest BCUT2D eigenvalue weighted by atomic mass is 10.1. The van der Waals surface area contributed by atoms with E-state index in [1.807, 2.05) is 36.4 Å². The predicted octanol–water partition coefficient (Wildman–Crippen LogP) is 4.10. The van der Waals surface area contributed by atoms with Gasteiger partial charge in [-0.2, -0.15) is 0 Å². The lowest BCUT2D eigenvalue weighted by molar-refractivity contribution is -0.146. The number of hydrogen-bond acceptors (Lipinski definition) is 8. The standard InChI is InChI=1S/C27H34N2O8/c1-21(18-24(30)34-14-8-15-35-25(31)19-22-10-4-2-5-11-22)20-28-26(32)36-16-9-17-37-27(33)29-23-12-6-3-7-13-23/h2-7,10-13,21H,8-9,14-20H2,1H3,(H,28,32)(H,29,33). The maximum atomic E-state index is 11.9. The number of anilines is 1. The number of carbonyl (C=O) groups is 4. The molecule has 2 amide bonds. The van der Waals surface area contributed by atoms with E-state index in [1.54, 1.807) is 31.2 Å². The van der Waals surface area contributed by atoms with Crippen molar-refractivity contribution in [3.8, 4) is 0 Å². The first-order valence-corrected chi connectivity index (χ1v) is 12.2. The van der Waals surface area contributed by atoms with Crippen molar-refractivity contribution in [2.24, 2.45) is 5.92 Å². The number of hydrogen-bond donors (Lipinski definition) is 2. The minimum absolute atomic E-state index is 0.0802. The van der Waals surface area contributed by atoms with Crippen LogP contribution >= 0.6 is 0 Å². The third kappa shape index (κ3) is 14.2. The van der Waals surface area contributed by atoms with E-state index in [9.17, 15) is 19.2 Å². The van der Waals surface area contributed by atoms with Crippen molar-refractivity contribution in [3.63, 3.8) is 0 Å². The van der Waals surface area contributed by atoms with E-state index in [1.165, 1.54) is 0 Å². The summed E-state index contributed by atoms with van der Waals surface area (Å²) in [6.45, 7) is 2.53. The molecule has 0 spiro atoms. The van der Waals surface area contributed by atoms with Crippen molar-refractivity contribution in [3.05, 3.63) is 66.2 Å². The molecule has 10 heteroatoms. The molecule has 2 rings (SSSR count). The fourth-order valence-electron chi connectivity index (χ4n) is 3.03.